The second kappa shape index (κ2) is 6.45. The van der Waals surface area contributed by atoms with E-state index in [1.54, 1.807) is 0 Å². The summed E-state index contributed by atoms with van der Waals surface area (Å²) in [6.45, 7) is 0. The van der Waals surface area contributed by atoms with Crippen molar-refractivity contribution in [2.24, 2.45) is 0 Å². The second-order valence-electron chi connectivity index (χ2n) is 6.80. The van der Waals surface area contributed by atoms with Gasteiger partial charge in [0.1, 0.15) is 0 Å². The summed E-state index contributed by atoms with van der Waals surface area (Å²) in [5.74, 6) is 0. The van der Waals surface area contributed by atoms with Gasteiger partial charge in [0.25, 0.3) is 33.0 Å². The molecule has 5 aromatic rings. The van der Waals surface area contributed by atoms with Crippen LogP contribution in [0.4, 0.5) is 11.4 Å². The number of anilines is 2. The molecular weight excluding hydrogens is 358 g/mol. The van der Waals surface area contributed by atoms with Crippen LogP contribution in [0.5, 0.6) is 0 Å². The minimum atomic E-state index is 1.18. The second-order valence-corrected chi connectivity index (χ2v) is 8.51. The van der Waals surface area contributed by atoms with Crippen LogP contribution in [-0.2, 0) is 0 Å². The van der Waals surface area contributed by atoms with E-state index in [0.29, 0.717) is 0 Å². The number of benzene rings is 5. The lowest BCUT2D eigenvalue weighted by atomic mass is 9.92. The zero-order chi connectivity index (χ0) is 18.5. The van der Waals surface area contributed by atoms with Crippen molar-refractivity contribution in [1.82, 2.24) is 0 Å². The van der Waals surface area contributed by atoms with Gasteiger partial charge in [-0.25, -0.2) is 0 Å². The molecule has 0 saturated carbocycles. The average Bonchev–Trinajstić information content (AvgIpc) is 2.71. The molecule has 0 amide bonds. The largest absolute Gasteiger partial charge is 0.586 e. The molecule has 0 aliphatic heterocycles. The first-order valence-electron chi connectivity index (χ1n) is 8.97. The van der Waals surface area contributed by atoms with E-state index >= 15 is 0 Å². The van der Waals surface area contributed by atoms with Crippen LogP contribution in [0.3, 0.4) is 0 Å². The van der Waals surface area contributed by atoms with Crippen molar-refractivity contribution < 1.29 is 0 Å². The van der Waals surface area contributed by atoms with E-state index in [1.807, 2.05) is 7.05 Å². The van der Waals surface area contributed by atoms with Crippen molar-refractivity contribution in [3.8, 4) is 0 Å². The van der Waals surface area contributed by atoms with Gasteiger partial charge in [0.05, 0.1) is 5.69 Å². The van der Waals surface area contributed by atoms with Crippen molar-refractivity contribution in [1.29, 1.82) is 0 Å². The molecule has 0 unspecified atom stereocenters. The molecule has 0 aromatic heterocycles. The minimum absolute atomic E-state index is 1.18. The Morgan fingerprint density at radius 2 is 1.19 bits per heavy atom. The van der Waals surface area contributed by atoms with Gasteiger partial charge >= 0.3 is 0 Å². The summed E-state index contributed by atoms with van der Waals surface area (Å²) < 4.78 is 2.09. The van der Waals surface area contributed by atoms with Gasteiger partial charge in [-0.1, -0.05) is 72.8 Å². The van der Waals surface area contributed by atoms with Gasteiger partial charge in [-0.3, -0.25) is 0 Å². The Morgan fingerprint density at radius 3 is 1.78 bits per heavy atom. The van der Waals surface area contributed by atoms with Gasteiger partial charge in [0.15, 0.2) is 0 Å². The van der Waals surface area contributed by atoms with Crippen LogP contribution in [-0.4, -0.2) is 40.1 Å². The quantitative estimate of drug-likeness (QED) is 0.195. The Morgan fingerprint density at radius 1 is 0.630 bits per heavy atom. The first-order chi connectivity index (χ1) is 13.2. The number of rotatable bonds is 2. The molecule has 0 saturated heterocycles. The molecule has 2 nitrogen and oxygen atoms in total. The normalized spacial score (nSPS) is 11.4. The Balaban J connectivity index is 2.16. The van der Waals surface area contributed by atoms with Crippen molar-refractivity contribution in [2.75, 3.05) is 15.2 Å². The maximum absolute atomic E-state index is 3.50. The van der Waals surface area contributed by atoms with Crippen LogP contribution < -0.4 is 8.18 Å². The van der Waals surface area contributed by atoms with Gasteiger partial charge in [0.2, 0.25) is 0 Å². The lowest BCUT2D eigenvalue weighted by Gasteiger charge is -2.27. The standard InChI is InChI=1S/C23H16N2.2Al/c1-25-23-19-13-11-14-6-2-4-8-16(14)20(19)22(24)18-12-10-15-7-3-5-9-17(15)21(18)23;;/h2-13,25H,1H3;;. The molecule has 0 bridgehead atoms. The van der Waals surface area contributed by atoms with E-state index in [1.165, 1.54) is 54.5 Å². The Kier molecular flexibility index (Phi) is 4.05. The fourth-order valence-corrected chi connectivity index (χ4v) is 4.81. The number of fused-ring (bicyclic) bond motifs is 6. The summed E-state index contributed by atoms with van der Waals surface area (Å²) in [6.07, 6.45) is 0. The smallest absolute Gasteiger partial charge is 0.277 e. The van der Waals surface area contributed by atoms with Gasteiger partial charge in [0, 0.05) is 34.3 Å². The number of hydrogen-bond donors (Lipinski definition) is 1. The predicted molar refractivity (Wildman–Crippen MR) is 120 cm³/mol. The van der Waals surface area contributed by atoms with E-state index in [2.05, 4.69) is 114 Å². The summed E-state index contributed by atoms with van der Waals surface area (Å²) in [4.78, 5) is 0. The average molecular weight is 374 g/mol. The molecular formula is C23H16Al2N2. The highest BCUT2D eigenvalue weighted by atomic mass is 27.1. The molecule has 4 radical (unpaired) electrons. The Hall–Kier alpha value is -2.20. The van der Waals surface area contributed by atoms with Crippen LogP contribution in [0.1, 0.15) is 0 Å². The number of nitrogens with one attached hydrogen (secondary N) is 1. The topological polar surface area (TPSA) is 15.3 Å². The fourth-order valence-electron chi connectivity index (χ4n) is 4.27. The van der Waals surface area contributed by atoms with Crippen LogP contribution in [0.25, 0.3) is 43.1 Å². The summed E-state index contributed by atoms with van der Waals surface area (Å²) >= 11 is 5.63. The van der Waals surface area contributed by atoms with Gasteiger partial charge in [-0.05, 0) is 21.5 Å². The third-order valence-electron chi connectivity index (χ3n) is 5.38. The summed E-state index contributed by atoms with van der Waals surface area (Å²) in [5, 5.41) is 13.6. The monoisotopic (exact) mass is 374 g/mol. The molecule has 0 heterocycles. The van der Waals surface area contributed by atoms with E-state index in [0.717, 1.165) is 0 Å². The lowest BCUT2D eigenvalue weighted by molar-refractivity contribution is 1.57. The molecule has 0 aliphatic carbocycles. The predicted octanol–water partition coefficient (Wildman–Crippen LogP) is 5.31. The number of nitrogens with zero attached hydrogens (tertiary/aromatic N) is 1. The Labute approximate surface area is 175 Å². The van der Waals surface area contributed by atoms with Gasteiger partial charge < -0.3 is 8.18 Å². The van der Waals surface area contributed by atoms with Crippen LogP contribution >= 0.6 is 0 Å². The van der Waals surface area contributed by atoms with Crippen molar-refractivity contribution in [3.63, 3.8) is 0 Å². The molecule has 0 atom stereocenters. The molecule has 27 heavy (non-hydrogen) atoms. The van der Waals surface area contributed by atoms with E-state index in [-0.39, 0.29) is 0 Å². The molecule has 1 N–H and O–H groups in total. The third kappa shape index (κ3) is 2.46. The minimum Gasteiger partial charge on any atom is -0.586 e. The molecule has 4 heteroatoms. The molecule has 0 spiro atoms. The van der Waals surface area contributed by atoms with Crippen LogP contribution in [0, 0.1) is 0 Å². The van der Waals surface area contributed by atoms with Crippen molar-refractivity contribution in [3.05, 3.63) is 72.8 Å². The summed E-state index contributed by atoms with van der Waals surface area (Å²) in [5.41, 5.74) is 2.39. The van der Waals surface area contributed by atoms with Gasteiger partial charge in [-0.15, -0.1) is 0 Å². The highest BCUT2D eigenvalue weighted by Gasteiger charge is 2.17. The van der Waals surface area contributed by atoms with E-state index in [4.69, 9.17) is 0 Å². The van der Waals surface area contributed by atoms with E-state index < -0.39 is 0 Å². The zero-order valence-corrected chi connectivity index (χ0v) is 17.3. The molecule has 0 fully saturated rings. The molecule has 5 rings (SSSR count). The first-order valence-corrected chi connectivity index (χ1v) is 10.00. The maximum atomic E-state index is 3.50. The van der Waals surface area contributed by atoms with Crippen LogP contribution in [0.2, 0.25) is 0 Å². The highest BCUT2D eigenvalue weighted by Crippen LogP contribution is 2.46. The SMILES string of the molecule is CNc1c2ccc3ccccc3c2c([N]([Al])[Al])c2ccc3ccccc3c12. The maximum Gasteiger partial charge on any atom is 0.277 e. The van der Waals surface area contributed by atoms with Crippen molar-refractivity contribution in [2.45, 2.75) is 0 Å². The molecule has 5 aromatic carbocycles. The first kappa shape index (κ1) is 16.9. The Bertz CT molecular complexity index is 1340. The highest BCUT2D eigenvalue weighted by molar-refractivity contribution is 6.47. The zero-order valence-electron chi connectivity index (χ0n) is 15.0. The van der Waals surface area contributed by atoms with Gasteiger partial charge in [-0.2, -0.15) is 0 Å². The molecule has 0 aliphatic rings. The van der Waals surface area contributed by atoms with E-state index in [9.17, 15) is 0 Å². The summed E-state index contributed by atoms with van der Waals surface area (Å²) in [7, 11) is 2.02. The van der Waals surface area contributed by atoms with Crippen LogP contribution in [0.15, 0.2) is 72.8 Å². The fraction of sp³-hybridized carbons (Fsp3) is 0.0435. The third-order valence-corrected chi connectivity index (χ3v) is 5.89. The molecule has 124 valence electrons. The van der Waals surface area contributed by atoms with Crippen molar-refractivity contribution >= 4 is 87.5 Å². The summed E-state index contributed by atoms with van der Waals surface area (Å²) in [6, 6.07) is 26.1. The number of hydrogen-bond acceptors (Lipinski definition) is 2. The lowest BCUT2D eigenvalue weighted by Crippen LogP contribution is -2.15.